The maximum atomic E-state index is 12.9. The minimum atomic E-state index is -0.679. The lowest BCUT2D eigenvalue weighted by molar-refractivity contribution is -0.127. The van der Waals surface area contributed by atoms with Crippen molar-refractivity contribution in [2.75, 3.05) is 13.6 Å². The highest BCUT2D eigenvalue weighted by molar-refractivity contribution is 6.05. The number of carbonyl (C=O) groups is 4. The molecule has 1 aromatic carbocycles. The largest absolute Gasteiger partial charge is 0.345 e. The Hall–Kier alpha value is -3.49. The lowest BCUT2D eigenvalue weighted by Gasteiger charge is -2.29. The molecule has 1 aromatic heterocycles. The summed E-state index contributed by atoms with van der Waals surface area (Å²) in [6.45, 7) is 2.18. The Bertz CT molecular complexity index is 958. The van der Waals surface area contributed by atoms with Crippen molar-refractivity contribution < 1.29 is 19.2 Å². The number of carbonyl (C=O) groups excluding carboxylic acids is 4. The Morgan fingerprint density at radius 3 is 2.80 bits per heavy atom. The molecule has 0 saturated carbocycles. The van der Waals surface area contributed by atoms with Gasteiger partial charge in [0.05, 0.1) is 6.04 Å². The molecular weight excluding hydrogens is 386 g/mol. The number of hydrogen-bond acceptors (Lipinski definition) is 5. The van der Waals surface area contributed by atoms with Gasteiger partial charge in [-0.2, -0.15) is 0 Å². The number of pyridine rings is 1. The molecule has 0 bridgehead atoms. The molecule has 4 amide bonds. The minimum absolute atomic E-state index is 0.209. The summed E-state index contributed by atoms with van der Waals surface area (Å²) in [6.07, 6.45) is 3.86. The average molecular weight is 411 g/mol. The molecule has 9 heteroatoms. The molecule has 1 fully saturated rings. The van der Waals surface area contributed by atoms with E-state index in [2.05, 4.69) is 15.7 Å². The normalized spacial score (nSPS) is 16.7. The van der Waals surface area contributed by atoms with Crippen molar-refractivity contribution >= 4 is 34.9 Å². The first-order valence-electron chi connectivity index (χ1n) is 9.91. The molecule has 2 aromatic rings. The second-order valence-corrected chi connectivity index (χ2v) is 7.17. The van der Waals surface area contributed by atoms with E-state index >= 15 is 0 Å². The zero-order chi connectivity index (χ0) is 21.7. The van der Waals surface area contributed by atoms with Crippen LogP contribution in [0.3, 0.4) is 0 Å². The van der Waals surface area contributed by atoms with Gasteiger partial charge < -0.3 is 15.0 Å². The van der Waals surface area contributed by atoms with Crippen LogP contribution in [0.4, 0.5) is 4.79 Å². The van der Waals surface area contributed by atoms with Gasteiger partial charge in [0, 0.05) is 25.2 Å². The zero-order valence-corrected chi connectivity index (χ0v) is 17.0. The first-order chi connectivity index (χ1) is 14.5. The van der Waals surface area contributed by atoms with Crippen LogP contribution in [0.5, 0.6) is 0 Å². The molecule has 2 heterocycles. The van der Waals surface area contributed by atoms with Crippen LogP contribution in [0.1, 0.15) is 36.7 Å². The van der Waals surface area contributed by atoms with Crippen molar-refractivity contribution in [3.63, 3.8) is 0 Å². The number of rotatable bonds is 5. The Balaban J connectivity index is 1.69. The number of nitrogens with one attached hydrogen (secondary N) is 2. The van der Waals surface area contributed by atoms with E-state index in [1.807, 2.05) is 18.2 Å². The van der Waals surface area contributed by atoms with Crippen LogP contribution < -0.4 is 10.7 Å². The van der Waals surface area contributed by atoms with Crippen molar-refractivity contribution in [1.82, 2.24) is 25.6 Å². The second-order valence-electron chi connectivity index (χ2n) is 7.17. The van der Waals surface area contributed by atoms with Crippen molar-refractivity contribution in [3.05, 3.63) is 42.2 Å². The molecule has 1 saturated heterocycles. The highest BCUT2D eigenvalue weighted by Gasteiger charge is 2.36. The van der Waals surface area contributed by atoms with Crippen molar-refractivity contribution in [1.29, 1.82) is 0 Å². The number of aromatic nitrogens is 1. The number of urea groups is 1. The number of likely N-dealkylation sites (tertiary alicyclic amines) is 1. The van der Waals surface area contributed by atoms with Crippen molar-refractivity contribution in [3.8, 4) is 0 Å². The van der Waals surface area contributed by atoms with E-state index in [0.29, 0.717) is 37.5 Å². The molecule has 0 aliphatic carbocycles. The fourth-order valence-corrected chi connectivity index (χ4v) is 3.53. The SMILES string of the molecule is CC[C@@H](C=O)NC(=O)[C@@H]1CCCN1C(=O)N(C)NC(=O)c1nccc2ccccc12. The van der Waals surface area contributed by atoms with Crippen LogP contribution in [0.2, 0.25) is 0 Å². The summed E-state index contributed by atoms with van der Waals surface area (Å²) in [6, 6.07) is 7.39. The zero-order valence-electron chi connectivity index (χ0n) is 17.0. The van der Waals surface area contributed by atoms with Gasteiger partial charge in [-0.3, -0.25) is 20.0 Å². The van der Waals surface area contributed by atoms with Gasteiger partial charge in [-0.15, -0.1) is 0 Å². The Labute approximate surface area is 174 Å². The third-order valence-corrected chi connectivity index (χ3v) is 5.18. The lowest BCUT2D eigenvalue weighted by Crippen LogP contribution is -2.55. The van der Waals surface area contributed by atoms with Gasteiger partial charge in [-0.1, -0.05) is 31.2 Å². The molecule has 0 unspecified atom stereocenters. The van der Waals surface area contributed by atoms with Crippen LogP contribution in [0, 0.1) is 0 Å². The number of nitrogens with zero attached hydrogens (tertiary/aromatic N) is 3. The van der Waals surface area contributed by atoms with E-state index in [9.17, 15) is 19.2 Å². The first kappa shape index (κ1) is 21.2. The third kappa shape index (κ3) is 4.40. The molecule has 2 atom stereocenters. The summed E-state index contributed by atoms with van der Waals surface area (Å²) in [5.74, 6) is -0.884. The summed E-state index contributed by atoms with van der Waals surface area (Å²) in [5.41, 5.74) is 2.75. The number of fused-ring (bicyclic) bond motifs is 1. The van der Waals surface area contributed by atoms with Crippen LogP contribution in [0.15, 0.2) is 36.5 Å². The van der Waals surface area contributed by atoms with Crippen molar-refractivity contribution in [2.24, 2.45) is 0 Å². The standard InChI is InChI=1S/C21H25N5O4/c1-3-15(13-27)23-19(28)17-9-6-12-26(17)21(30)25(2)24-20(29)18-16-8-5-4-7-14(16)10-11-22-18/h4-5,7-8,10-11,13,15,17H,3,6,9,12H2,1-2H3,(H,23,28)(H,24,29)/t15-,17-/m0/s1. The molecule has 30 heavy (non-hydrogen) atoms. The third-order valence-electron chi connectivity index (χ3n) is 5.18. The summed E-state index contributed by atoms with van der Waals surface area (Å²) < 4.78 is 0. The number of hydrazine groups is 1. The van der Waals surface area contributed by atoms with Gasteiger partial charge in [0.1, 0.15) is 18.0 Å². The van der Waals surface area contributed by atoms with E-state index in [4.69, 9.17) is 0 Å². The lowest BCUT2D eigenvalue weighted by atomic mass is 10.1. The maximum Gasteiger partial charge on any atom is 0.339 e. The van der Waals surface area contributed by atoms with Gasteiger partial charge in [0.25, 0.3) is 5.91 Å². The summed E-state index contributed by atoms with van der Waals surface area (Å²) >= 11 is 0. The average Bonchev–Trinajstić information content (AvgIpc) is 3.26. The molecular formula is C21H25N5O4. The Morgan fingerprint density at radius 1 is 1.30 bits per heavy atom. The van der Waals surface area contributed by atoms with Crippen LogP contribution in [-0.4, -0.2) is 64.7 Å². The van der Waals surface area contributed by atoms with Gasteiger partial charge >= 0.3 is 6.03 Å². The van der Waals surface area contributed by atoms with Crippen LogP contribution in [0.25, 0.3) is 10.8 Å². The molecule has 0 spiro atoms. The fourth-order valence-electron chi connectivity index (χ4n) is 3.53. The van der Waals surface area contributed by atoms with E-state index in [1.54, 1.807) is 19.1 Å². The van der Waals surface area contributed by atoms with E-state index in [-0.39, 0.29) is 11.6 Å². The fraction of sp³-hybridized carbons (Fsp3) is 0.381. The van der Waals surface area contributed by atoms with Gasteiger partial charge in [-0.25, -0.2) is 9.80 Å². The summed E-state index contributed by atoms with van der Waals surface area (Å²) in [5, 5.41) is 5.26. The summed E-state index contributed by atoms with van der Waals surface area (Å²) in [7, 11) is 1.43. The van der Waals surface area contributed by atoms with E-state index in [0.717, 1.165) is 10.4 Å². The van der Waals surface area contributed by atoms with Crippen LogP contribution in [-0.2, 0) is 9.59 Å². The monoisotopic (exact) mass is 411 g/mol. The molecule has 2 N–H and O–H groups in total. The molecule has 1 aliphatic heterocycles. The predicted molar refractivity (Wildman–Crippen MR) is 110 cm³/mol. The molecule has 158 valence electrons. The van der Waals surface area contributed by atoms with Gasteiger partial charge in [0.15, 0.2) is 0 Å². The number of aldehydes is 1. The van der Waals surface area contributed by atoms with Crippen LogP contribution >= 0.6 is 0 Å². The number of benzene rings is 1. The number of hydrogen-bond donors (Lipinski definition) is 2. The predicted octanol–water partition coefficient (Wildman–Crippen LogP) is 1.49. The quantitative estimate of drug-likeness (QED) is 0.572. The maximum absolute atomic E-state index is 12.9. The highest BCUT2D eigenvalue weighted by atomic mass is 16.2. The first-order valence-corrected chi connectivity index (χ1v) is 9.91. The minimum Gasteiger partial charge on any atom is -0.345 e. The molecule has 0 radical (unpaired) electrons. The topological polar surface area (TPSA) is 112 Å². The molecule has 9 nitrogen and oxygen atoms in total. The Morgan fingerprint density at radius 2 is 2.07 bits per heavy atom. The highest BCUT2D eigenvalue weighted by Crippen LogP contribution is 2.20. The molecule has 1 aliphatic rings. The Kier molecular flexibility index (Phi) is 6.61. The number of amides is 4. The smallest absolute Gasteiger partial charge is 0.339 e. The van der Waals surface area contributed by atoms with Crippen molar-refractivity contribution in [2.45, 2.75) is 38.3 Å². The van der Waals surface area contributed by atoms with E-state index < -0.39 is 24.0 Å². The molecule has 3 rings (SSSR count). The second kappa shape index (κ2) is 9.34. The summed E-state index contributed by atoms with van der Waals surface area (Å²) in [4.78, 5) is 54.7. The van der Waals surface area contributed by atoms with Gasteiger partial charge in [0.2, 0.25) is 5.91 Å². The van der Waals surface area contributed by atoms with E-state index in [1.165, 1.54) is 18.1 Å². The van der Waals surface area contributed by atoms with Gasteiger partial charge in [-0.05, 0) is 30.7 Å².